The number of hydrogen-bond acceptors (Lipinski definition) is 10. The number of nitro groups is 1. The molecule has 0 saturated heterocycles. The maximum absolute atomic E-state index is 13.5. The number of anilines is 1. The van der Waals surface area contributed by atoms with Gasteiger partial charge in [-0.15, -0.1) is 11.3 Å². The predicted octanol–water partition coefficient (Wildman–Crippen LogP) is 7.22. The first kappa shape index (κ1) is 31.1. The summed E-state index contributed by atoms with van der Waals surface area (Å²) in [5, 5.41) is 30.6. The number of benzene rings is 4. The standard InChI is InChI=1S/C36H29N5O5S/c37-22-32(26-18-19-26)46-40-33(34(42)45-23-25-16-20-30(21-17-25)41(43)44)31-24-47-35(38-31)39-36(27-10-4-1-5-11-27,28-12-6-2-7-13-28)29-14-8-3-9-15-29/h1-17,20-21,24,26,32H,18-19,23H2,(H,38,39)/b40-33-. The number of hydrogen-bond donors (Lipinski definition) is 1. The molecule has 0 spiro atoms. The molecule has 11 heteroatoms. The van der Waals surface area contributed by atoms with Crippen molar-refractivity contribution in [3.05, 3.63) is 159 Å². The van der Waals surface area contributed by atoms with E-state index in [9.17, 15) is 20.2 Å². The summed E-state index contributed by atoms with van der Waals surface area (Å²) >= 11 is 1.29. The Hall–Kier alpha value is -5.86. The van der Waals surface area contributed by atoms with Crippen LogP contribution >= 0.6 is 11.3 Å². The minimum atomic E-state index is -0.846. The van der Waals surface area contributed by atoms with Crippen LogP contribution in [0.3, 0.4) is 0 Å². The summed E-state index contributed by atoms with van der Waals surface area (Å²) in [7, 11) is 0. The molecule has 0 radical (unpaired) electrons. The van der Waals surface area contributed by atoms with Crippen LogP contribution < -0.4 is 5.32 Å². The van der Waals surface area contributed by atoms with E-state index in [-0.39, 0.29) is 29.6 Å². The second-order valence-corrected chi connectivity index (χ2v) is 11.8. The molecule has 1 saturated carbocycles. The fraction of sp³-hybridized carbons (Fsp3) is 0.167. The summed E-state index contributed by atoms with van der Waals surface area (Å²) < 4.78 is 5.55. The fourth-order valence-electron chi connectivity index (χ4n) is 5.22. The molecular formula is C36H29N5O5S. The highest BCUT2D eigenvalue weighted by molar-refractivity contribution is 7.14. The van der Waals surface area contributed by atoms with Crippen LogP contribution in [0, 0.1) is 27.4 Å². The van der Waals surface area contributed by atoms with Crippen molar-refractivity contribution in [1.29, 1.82) is 5.26 Å². The Morgan fingerprint density at radius 2 is 1.51 bits per heavy atom. The van der Waals surface area contributed by atoms with Gasteiger partial charge in [-0.05, 0) is 47.2 Å². The maximum Gasteiger partial charge on any atom is 0.363 e. The van der Waals surface area contributed by atoms with Gasteiger partial charge in [0, 0.05) is 23.4 Å². The number of nitriles is 1. The number of ether oxygens (including phenoxy) is 1. The molecule has 10 nitrogen and oxygen atoms in total. The SMILES string of the molecule is N#CC(O/N=C(\C(=O)OCc1ccc([N+](=O)[O-])cc1)c1csc(NC(c2ccccc2)(c2ccccc2)c2ccccc2)n1)C1CC1. The van der Waals surface area contributed by atoms with Gasteiger partial charge >= 0.3 is 5.97 Å². The lowest BCUT2D eigenvalue weighted by atomic mass is 9.77. The van der Waals surface area contributed by atoms with E-state index in [1.165, 1.54) is 35.6 Å². The number of thiazole rings is 1. The zero-order valence-corrected chi connectivity index (χ0v) is 25.9. The van der Waals surface area contributed by atoms with E-state index in [1.807, 2.05) is 54.6 Å². The number of carbonyl (C=O) groups excluding carboxylic acids is 1. The molecule has 0 bridgehead atoms. The Kier molecular flexibility index (Phi) is 9.31. The number of oxime groups is 1. The first-order valence-corrected chi connectivity index (χ1v) is 15.8. The topological polar surface area (TPSA) is 140 Å². The van der Waals surface area contributed by atoms with Gasteiger partial charge in [0.2, 0.25) is 11.8 Å². The van der Waals surface area contributed by atoms with Crippen molar-refractivity contribution in [2.75, 3.05) is 5.32 Å². The number of esters is 1. The van der Waals surface area contributed by atoms with E-state index in [1.54, 1.807) is 5.38 Å². The molecule has 1 aliphatic carbocycles. The van der Waals surface area contributed by atoms with Crippen LogP contribution in [-0.4, -0.2) is 27.7 Å². The molecular weight excluding hydrogens is 614 g/mol. The smallest absolute Gasteiger partial charge is 0.363 e. The number of rotatable bonds is 13. The van der Waals surface area contributed by atoms with Gasteiger partial charge in [0.05, 0.1) is 4.92 Å². The third kappa shape index (κ3) is 7.03. The third-order valence-electron chi connectivity index (χ3n) is 7.81. The van der Waals surface area contributed by atoms with E-state index in [4.69, 9.17) is 14.6 Å². The average molecular weight is 644 g/mol. The van der Waals surface area contributed by atoms with Crippen molar-refractivity contribution in [3.8, 4) is 6.07 Å². The van der Waals surface area contributed by atoms with Crippen LogP contribution in [0.4, 0.5) is 10.8 Å². The minimum absolute atomic E-state index is 0.0528. The Morgan fingerprint density at radius 1 is 0.957 bits per heavy atom. The van der Waals surface area contributed by atoms with Gasteiger partial charge in [-0.2, -0.15) is 5.26 Å². The lowest BCUT2D eigenvalue weighted by Crippen LogP contribution is -2.38. The fourth-order valence-corrected chi connectivity index (χ4v) is 5.98. The highest BCUT2D eigenvalue weighted by atomic mass is 32.1. The molecule has 1 fully saturated rings. The summed E-state index contributed by atoms with van der Waals surface area (Å²) in [5.41, 5.74) is 2.60. The van der Waals surface area contributed by atoms with Gasteiger partial charge in [-0.3, -0.25) is 10.1 Å². The molecule has 1 heterocycles. The number of carbonyl (C=O) groups is 1. The summed E-state index contributed by atoms with van der Waals surface area (Å²) in [5.74, 6) is -0.759. The maximum atomic E-state index is 13.5. The van der Waals surface area contributed by atoms with Crippen molar-refractivity contribution in [1.82, 2.24) is 4.98 Å². The van der Waals surface area contributed by atoms with Gasteiger partial charge in [0.1, 0.15) is 23.9 Å². The molecule has 47 heavy (non-hydrogen) atoms. The molecule has 0 aliphatic heterocycles. The second kappa shape index (κ2) is 14.1. The molecule has 6 rings (SSSR count). The van der Waals surface area contributed by atoms with Crippen LogP contribution in [0.15, 0.2) is 126 Å². The van der Waals surface area contributed by atoms with E-state index in [2.05, 4.69) is 52.9 Å². The van der Waals surface area contributed by atoms with E-state index >= 15 is 0 Å². The molecule has 1 aromatic heterocycles. The van der Waals surface area contributed by atoms with Crippen molar-refractivity contribution in [2.24, 2.45) is 11.1 Å². The number of non-ortho nitro benzene ring substituents is 1. The molecule has 4 aromatic carbocycles. The average Bonchev–Trinajstić information content (AvgIpc) is 3.86. The summed E-state index contributed by atoms with van der Waals surface area (Å²) in [6.07, 6.45) is 0.892. The summed E-state index contributed by atoms with van der Waals surface area (Å²) in [6, 6.07) is 37.9. The first-order chi connectivity index (χ1) is 23.0. The number of nitrogens with zero attached hydrogens (tertiary/aromatic N) is 4. The minimum Gasteiger partial charge on any atom is -0.456 e. The van der Waals surface area contributed by atoms with Crippen LogP contribution in [0.1, 0.15) is 40.8 Å². The zero-order valence-electron chi connectivity index (χ0n) is 25.1. The van der Waals surface area contributed by atoms with E-state index in [0.717, 1.165) is 29.5 Å². The van der Waals surface area contributed by atoms with E-state index < -0.39 is 22.5 Å². The van der Waals surface area contributed by atoms with Gasteiger partial charge < -0.3 is 14.9 Å². The van der Waals surface area contributed by atoms with Crippen LogP contribution in [0.5, 0.6) is 0 Å². The van der Waals surface area contributed by atoms with Crippen molar-refractivity contribution < 1.29 is 19.3 Å². The molecule has 1 aliphatic rings. The zero-order chi connectivity index (χ0) is 32.6. The Bertz CT molecular complexity index is 1810. The number of aromatic nitrogens is 1. The van der Waals surface area contributed by atoms with Crippen molar-refractivity contribution >= 4 is 33.8 Å². The molecule has 1 N–H and O–H groups in total. The normalized spacial score (nSPS) is 13.6. The molecule has 1 atom stereocenters. The Morgan fingerprint density at radius 3 is 2.00 bits per heavy atom. The Labute approximate surface area is 275 Å². The third-order valence-corrected chi connectivity index (χ3v) is 8.56. The molecule has 1 unspecified atom stereocenters. The summed E-state index contributed by atoms with van der Waals surface area (Å²) in [4.78, 5) is 34.3. The number of nitrogens with one attached hydrogen (secondary N) is 1. The molecule has 5 aromatic rings. The van der Waals surface area contributed by atoms with Gasteiger partial charge in [-0.1, -0.05) is 96.2 Å². The quantitative estimate of drug-likeness (QED) is 0.0466. The lowest BCUT2D eigenvalue weighted by Gasteiger charge is -2.36. The van der Waals surface area contributed by atoms with Crippen molar-refractivity contribution in [3.63, 3.8) is 0 Å². The monoisotopic (exact) mass is 643 g/mol. The van der Waals surface area contributed by atoms with Crippen LogP contribution in [-0.2, 0) is 26.5 Å². The highest BCUT2D eigenvalue weighted by Gasteiger charge is 2.38. The Balaban J connectivity index is 1.34. The number of nitro benzene ring substituents is 1. The highest BCUT2D eigenvalue weighted by Crippen LogP contribution is 2.40. The van der Waals surface area contributed by atoms with Gasteiger partial charge in [0.25, 0.3) is 5.69 Å². The summed E-state index contributed by atoms with van der Waals surface area (Å²) in [6.45, 7) is -0.158. The van der Waals surface area contributed by atoms with E-state index in [0.29, 0.717) is 10.7 Å². The predicted molar refractivity (Wildman–Crippen MR) is 178 cm³/mol. The van der Waals surface area contributed by atoms with Crippen molar-refractivity contribution in [2.45, 2.75) is 31.1 Å². The first-order valence-electron chi connectivity index (χ1n) is 14.9. The molecule has 0 amide bonds. The van der Waals surface area contributed by atoms with Crippen LogP contribution in [0.25, 0.3) is 0 Å². The van der Waals surface area contributed by atoms with Gasteiger partial charge in [0.15, 0.2) is 5.13 Å². The second-order valence-electron chi connectivity index (χ2n) is 10.9. The van der Waals surface area contributed by atoms with Gasteiger partial charge in [-0.25, -0.2) is 9.78 Å². The van der Waals surface area contributed by atoms with Crippen LogP contribution in [0.2, 0.25) is 0 Å². The molecule has 234 valence electrons. The largest absolute Gasteiger partial charge is 0.456 e. The lowest BCUT2D eigenvalue weighted by molar-refractivity contribution is -0.384.